The molecule has 0 bridgehead atoms. The van der Waals surface area contributed by atoms with Gasteiger partial charge in [0, 0.05) is 6.54 Å². The molecule has 0 saturated heterocycles. The number of aromatic nitrogens is 2. The number of carbonyl (C=O) groups is 1. The number of likely N-dealkylation sites (N-methyl/N-ethyl adjacent to an activating group) is 1. The van der Waals surface area contributed by atoms with Gasteiger partial charge < -0.3 is 10.1 Å². The number of methoxy groups -OCH3 is 1. The Balaban J connectivity index is 2.55. The number of rotatable bonds is 6. The molecule has 0 aliphatic rings. The van der Waals surface area contributed by atoms with Crippen molar-refractivity contribution < 1.29 is 9.53 Å². The fraction of sp³-hybridized carbons (Fsp3) is 0.667. The highest BCUT2D eigenvalue weighted by Crippen LogP contribution is 2.17. The number of aryl methyl sites for hydroxylation is 1. The van der Waals surface area contributed by atoms with E-state index >= 15 is 0 Å². The third kappa shape index (κ3) is 3.23. The van der Waals surface area contributed by atoms with E-state index in [0.29, 0.717) is 11.4 Å². The quantitative estimate of drug-likeness (QED) is 0.803. The largest absolute Gasteiger partial charge is 0.468 e. The van der Waals surface area contributed by atoms with Crippen molar-refractivity contribution in [2.45, 2.75) is 38.8 Å². The average Bonchev–Trinajstić information content (AvgIpc) is 2.69. The first kappa shape index (κ1) is 15.0. The smallest absolute Gasteiger partial charge is 0.325 e. The van der Waals surface area contributed by atoms with E-state index in [0.717, 1.165) is 18.7 Å². The fourth-order valence-electron chi connectivity index (χ4n) is 1.79. The van der Waals surface area contributed by atoms with Crippen molar-refractivity contribution in [2.75, 3.05) is 14.2 Å². The summed E-state index contributed by atoms with van der Waals surface area (Å²) in [5.41, 5.74) is 0.292. The Kier molecular flexibility index (Phi) is 5.16. The Morgan fingerprint density at radius 1 is 1.67 bits per heavy atom. The van der Waals surface area contributed by atoms with E-state index in [9.17, 15) is 4.79 Å². The van der Waals surface area contributed by atoms with Crippen molar-refractivity contribution in [1.29, 1.82) is 0 Å². The number of nitrogens with zero attached hydrogens (tertiary/aromatic N) is 2. The summed E-state index contributed by atoms with van der Waals surface area (Å²) in [5.74, 6) is -0.250. The van der Waals surface area contributed by atoms with Gasteiger partial charge in [0.25, 0.3) is 0 Å². The van der Waals surface area contributed by atoms with Gasteiger partial charge in [0.2, 0.25) is 0 Å². The lowest BCUT2D eigenvalue weighted by Crippen LogP contribution is -2.48. The Bertz CT molecular complexity index is 419. The molecule has 18 heavy (non-hydrogen) atoms. The van der Waals surface area contributed by atoms with Gasteiger partial charge in [-0.3, -0.25) is 9.48 Å². The summed E-state index contributed by atoms with van der Waals surface area (Å²) >= 11 is 5.93. The Morgan fingerprint density at radius 3 is 2.78 bits per heavy atom. The topological polar surface area (TPSA) is 56.2 Å². The molecule has 1 atom stereocenters. The number of hydrogen-bond donors (Lipinski definition) is 1. The van der Waals surface area contributed by atoms with Gasteiger partial charge in [-0.25, -0.2) is 0 Å². The molecule has 102 valence electrons. The van der Waals surface area contributed by atoms with Crippen LogP contribution in [0.25, 0.3) is 0 Å². The van der Waals surface area contributed by atoms with E-state index in [1.54, 1.807) is 13.2 Å². The van der Waals surface area contributed by atoms with Crippen molar-refractivity contribution in [1.82, 2.24) is 15.1 Å². The first-order valence-corrected chi connectivity index (χ1v) is 6.27. The Labute approximate surface area is 112 Å². The molecular weight excluding hydrogens is 254 g/mol. The summed E-state index contributed by atoms with van der Waals surface area (Å²) in [7, 11) is 3.16. The zero-order valence-corrected chi connectivity index (χ0v) is 12.0. The van der Waals surface area contributed by atoms with E-state index in [1.807, 2.05) is 18.5 Å². The van der Waals surface area contributed by atoms with E-state index in [4.69, 9.17) is 16.3 Å². The van der Waals surface area contributed by atoms with Crippen molar-refractivity contribution >= 4 is 17.6 Å². The third-order valence-corrected chi connectivity index (χ3v) is 3.65. The molecule has 1 aromatic heterocycles. The highest BCUT2D eigenvalue weighted by atomic mass is 35.5. The van der Waals surface area contributed by atoms with Crippen LogP contribution in [0.3, 0.4) is 0 Å². The minimum atomic E-state index is -0.653. The van der Waals surface area contributed by atoms with Crippen molar-refractivity contribution in [3.05, 3.63) is 16.9 Å². The normalized spacial score (nSPS) is 14.3. The van der Waals surface area contributed by atoms with E-state index in [2.05, 4.69) is 10.4 Å². The number of ether oxygens (including phenoxy) is 1. The first-order chi connectivity index (χ1) is 8.44. The molecule has 0 saturated carbocycles. The summed E-state index contributed by atoms with van der Waals surface area (Å²) in [6, 6.07) is 0. The second-order valence-corrected chi connectivity index (χ2v) is 4.89. The molecule has 1 N–H and O–H groups in total. The predicted octanol–water partition coefficient (Wildman–Crippen LogP) is 1.78. The first-order valence-electron chi connectivity index (χ1n) is 5.90. The van der Waals surface area contributed by atoms with Crippen molar-refractivity contribution in [2.24, 2.45) is 0 Å². The maximum Gasteiger partial charge on any atom is 0.325 e. The SMILES string of the molecule is CNC(C)(CCCn1ncc(Cl)c1C)C(=O)OC. The molecule has 0 fully saturated rings. The number of esters is 1. The van der Waals surface area contributed by atoms with Crippen LogP contribution in [0.5, 0.6) is 0 Å². The lowest BCUT2D eigenvalue weighted by molar-refractivity contribution is -0.148. The highest BCUT2D eigenvalue weighted by molar-refractivity contribution is 6.31. The van der Waals surface area contributed by atoms with Crippen LogP contribution in [0.4, 0.5) is 0 Å². The van der Waals surface area contributed by atoms with Crippen LogP contribution >= 0.6 is 11.6 Å². The van der Waals surface area contributed by atoms with Crippen LogP contribution in [-0.2, 0) is 16.1 Å². The summed E-state index contributed by atoms with van der Waals surface area (Å²) in [6.07, 6.45) is 3.12. The van der Waals surface area contributed by atoms with Crippen LogP contribution in [0.15, 0.2) is 6.20 Å². The molecule has 0 spiro atoms. The van der Waals surface area contributed by atoms with Crippen LogP contribution in [0.2, 0.25) is 5.02 Å². The highest BCUT2D eigenvalue weighted by Gasteiger charge is 2.31. The van der Waals surface area contributed by atoms with Gasteiger partial charge >= 0.3 is 5.97 Å². The zero-order valence-electron chi connectivity index (χ0n) is 11.3. The van der Waals surface area contributed by atoms with E-state index < -0.39 is 5.54 Å². The Morgan fingerprint density at radius 2 is 2.33 bits per heavy atom. The molecular formula is C12H20ClN3O2. The lowest BCUT2D eigenvalue weighted by atomic mass is 9.96. The molecule has 1 unspecified atom stereocenters. The lowest BCUT2D eigenvalue weighted by Gasteiger charge is -2.26. The molecule has 0 radical (unpaired) electrons. The zero-order chi connectivity index (χ0) is 13.8. The van der Waals surface area contributed by atoms with Crippen LogP contribution in [0.1, 0.15) is 25.5 Å². The summed E-state index contributed by atoms with van der Waals surface area (Å²) in [6.45, 7) is 4.49. The van der Waals surface area contributed by atoms with Gasteiger partial charge in [-0.15, -0.1) is 0 Å². The molecule has 5 nitrogen and oxygen atoms in total. The van der Waals surface area contributed by atoms with Gasteiger partial charge in [0.15, 0.2) is 0 Å². The van der Waals surface area contributed by atoms with Crippen LogP contribution in [-0.4, -0.2) is 35.4 Å². The van der Waals surface area contributed by atoms with Gasteiger partial charge in [-0.05, 0) is 33.7 Å². The molecule has 0 aliphatic carbocycles. The summed E-state index contributed by atoms with van der Waals surface area (Å²) < 4.78 is 6.63. The second kappa shape index (κ2) is 6.20. The molecule has 1 heterocycles. The van der Waals surface area contributed by atoms with Crippen molar-refractivity contribution in [3.63, 3.8) is 0 Å². The van der Waals surface area contributed by atoms with E-state index in [-0.39, 0.29) is 5.97 Å². The summed E-state index contributed by atoms with van der Waals surface area (Å²) in [4.78, 5) is 11.6. The number of hydrogen-bond acceptors (Lipinski definition) is 4. The van der Waals surface area contributed by atoms with Gasteiger partial charge in [-0.2, -0.15) is 5.10 Å². The number of halogens is 1. The van der Waals surface area contributed by atoms with Crippen molar-refractivity contribution in [3.8, 4) is 0 Å². The second-order valence-electron chi connectivity index (χ2n) is 4.48. The Hall–Kier alpha value is -1.07. The fourth-order valence-corrected chi connectivity index (χ4v) is 1.93. The minimum Gasteiger partial charge on any atom is -0.468 e. The van der Waals surface area contributed by atoms with E-state index in [1.165, 1.54) is 7.11 Å². The molecule has 0 amide bonds. The van der Waals surface area contributed by atoms with Gasteiger partial charge in [0.05, 0.1) is 24.0 Å². The molecule has 0 aliphatic heterocycles. The average molecular weight is 274 g/mol. The maximum atomic E-state index is 11.6. The maximum absolute atomic E-state index is 11.6. The molecule has 6 heteroatoms. The van der Waals surface area contributed by atoms with Crippen LogP contribution < -0.4 is 5.32 Å². The van der Waals surface area contributed by atoms with Gasteiger partial charge in [0.1, 0.15) is 5.54 Å². The number of carbonyl (C=O) groups excluding carboxylic acids is 1. The molecule has 0 aromatic carbocycles. The molecule has 1 rings (SSSR count). The standard InChI is InChI=1S/C12H20ClN3O2/c1-9-10(13)8-15-16(9)7-5-6-12(2,14-3)11(17)18-4/h8,14H,5-7H2,1-4H3. The summed E-state index contributed by atoms with van der Waals surface area (Å²) in [5, 5.41) is 7.84. The van der Waals surface area contributed by atoms with Crippen LogP contribution in [0, 0.1) is 6.92 Å². The third-order valence-electron chi connectivity index (χ3n) is 3.28. The molecule has 1 aromatic rings. The minimum absolute atomic E-state index is 0.250. The monoisotopic (exact) mass is 273 g/mol. The predicted molar refractivity (Wildman–Crippen MR) is 70.7 cm³/mol. The van der Waals surface area contributed by atoms with Gasteiger partial charge in [-0.1, -0.05) is 11.6 Å². The number of nitrogens with one attached hydrogen (secondary N) is 1.